The summed E-state index contributed by atoms with van der Waals surface area (Å²) in [4.78, 5) is 19.0. The lowest BCUT2D eigenvalue weighted by molar-refractivity contribution is -0.128. The molecule has 0 aliphatic carbocycles. The van der Waals surface area contributed by atoms with Crippen molar-refractivity contribution in [1.82, 2.24) is 15.0 Å². The Bertz CT molecular complexity index is 1250. The van der Waals surface area contributed by atoms with Crippen LogP contribution in [0.25, 0.3) is 11.4 Å². The summed E-state index contributed by atoms with van der Waals surface area (Å²) >= 11 is 0. The highest BCUT2D eigenvalue weighted by molar-refractivity contribution is 5.79. The van der Waals surface area contributed by atoms with Crippen molar-refractivity contribution in [3.05, 3.63) is 95.9 Å². The summed E-state index contributed by atoms with van der Waals surface area (Å²) in [7, 11) is 1.63. The van der Waals surface area contributed by atoms with Crippen molar-refractivity contribution in [2.75, 3.05) is 13.7 Å². The van der Waals surface area contributed by atoms with Crippen LogP contribution in [0.3, 0.4) is 0 Å². The van der Waals surface area contributed by atoms with Gasteiger partial charge >= 0.3 is 0 Å². The Hall–Kier alpha value is -4.13. The minimum Gasteiger partial charge on any atom is -0.496 e. The first-order valence-electron chi connectivity index (χ1n) is 11.2. The highest BCUT2D eigenvalue weighted by Crippen LogP contribution is 2.31. The van der Waals surface area contributed by atoms with Crippen molar-refractivity contribution >= 4 is 5.91 Å². The molecule has 1 unspecified atom stereocenters. The first kappa shape index (κ1) is 21.7. The van der Waals surface area contributed by atoms with Gasteiger partial charge in [0, 0.05) is 30.6 Å². The second kappa shape index (κ2) is 9.79. The van der Waals surface area contributed by atoms with Crippen LogP contribution in [0.5, 0.6) is 11.5 Å². The number of amides is 1. The fraction of sp³-hybridized carbons (Fsp3) is 0.222. The van der Waals surface area contributed by atoms with Gasteiger partial charge in [0.15, 0.2) is 0 Å². The van der Waals surface area contributed by atoms with Crippen LogP contribution in [0.2, 0.25) is 0 Å². The molecule has 0 N–H and O–H groups in total. The Kier molecular flexibility index (Phi) is 6.25. The fourth-order valence-electron chi connectivity index (χ4n) is 4.09. The molecular weight excluding hydrogens is 430 g/mol. The van der Waals surface area contributed by atoms with Gasteiger partial charge < -0.3 is 18.9 Å². The molecule has 1 atom stereocenters. The third-order valence-corrected chi connectivity index (χ3v) is 5.92. The smallest absolute Gasteiger partial charge is 0.232 e. The number of rotatable bonds is 8. The number of benzene rings is 3. The maximum atomic E-state index is 12.6. The van der Waals surface area contributed by atoms with E-state index in [0.717, 1.165) is 28.2 Å². The molecular formula is C27H25N3O4. The first-order chi connectivity index (χ1) is 16.7. The minimum atomic E-state index is -0.128. The van der Waals surface area contributed by atoms with Crippen LogP contribution in [0.1, 0.15) is 29.4 Å². The van der Waals surface area contributed by atoms with Crippen LogP contribution in [0.15, 0.2) is 83.4 Å². The largest absolute Gasteiger partial charge is 0.496 e. The van der Waals surface area contributed by atoms with E-state index < -0.39 is 0 Å². The van der Waals surface area contributed by atoms with Crippen LogP contribution in [0, 0.1) is 0 Å². The molecule has 5 rings (SSSR count). The monoisotopic (exact) mass is 455 g/mol. The van der Waals surface area contributed by atoms with Crippen LogP contribution in [-0.4, -0.2) is 34.6 Å². The molecule has 0 saturated carbocycles. The Balaban J connectivity index is 1.22. The average Bonchev–Trinajstić information content (AvgIpc) is 3.51. The second-order valence-electron chi connectivity index (χ2n) is 8.24. The summed E-state index contributed by atoms with van der Waals surface area (Å²) in [5, 5.41) is 4.14. The van der Waals surface area contributed by atoms with Crippen molar-refractivity contribution in [2.45, 2.75) is 25.5 Å². The predicted octanol–water partition coefficient (Wildman–Crippen LogP) is 4.84. The predicted molar refractivity (Wildman–Crippen MR) is 126 cm³/mol. The van der Waals surface area contributed by atoms with Gasteiger partial charge in [-0.05, 0) is 35.9 Å². The molecule has 1 amide bonds. The van der Waals surface area contributed by atoms with Crippen molar-refractivity contribution in [3.8, 4) is 22.9 Å². The number of carbonyl (C=O) groups is 1. The van der Waals surface area contributed by atoms with E-state index in [0.29, 0.717) is 37.8 Å². The normalized spacial score (nSPS) is 15.5. The topological polar surface area (TPSA) is 77.7 Å². The van der Waals surface area contributed by atoms with Gasteiger partial charge in [0.05, 0.1) is 13.0 Å². The Morgan fingerprint density at radius 3 is 2.56 bits per heavy atom. The van der Waals surface area contributed by atoms with Crippen molar-refractivity contribution in [2.24, 2.45) is 0 Å². The molecule has 1 fully saturated rings. The van der Waals surface area contributed by atoms with Crippen LogP contribution >= 0.6 is 0 Å². The molecule has 172 valence electrons. The number of hydrogen-bond donors (Lipinski definition) is 0. The summed E-state index contributed by atoms with van der Waals surface area (Å²) in [6.45, 7) is 1.53. The summed E-state index contributed by atoms with van der Waals surface area (Å²) in [6, 6.07) is 25.3. The Morgan fingerprint density at radius 2 is 1.76 bits per heavy atom. The van der Waals surface area contributed by atoms with Gasteiger partial charge in [-0.2, -0.15) is 4.98 Å². The Labute approximate surface area is 197 Å². The number of aromatic nitrogens is 2. The quantitative estimate of drug-likeness (QED) is 0.378. The highest BCUT2D eigenvalue weighted by atomic mass is 16.5. The van der Waals surface area contributed by atoms with Crippen molar-refractivity contribution in [3.63, 3.8) is 0 Å². The fourth-order valence-corrected chi connectivity index (χ4v) is 4.09. The third-order valence-electron chi connectivity index (χ3n) is 5.92. The zero-order valence-electron chi connectivity index (χ0n) is 18.9. The molecule has 0 bridgehead atoms. The van der Waals surface area contributed by atoms with Crippen LogP contribution in [0.4, 0.5) is 0 Å². The molecule has 3 aromatic carbocycles. The summed E-state index contributed by atoms with van der Waals surface area (Å²) in [6.07, 6.45) is 0.350. The summed E-state index contributed by atoms with van der Waals surface area (Å²) < 4.78 is 16.8. The van der Waals surface area contributed by atoms with Crippen LogP contribution < -0.4 is 9.47 Å². The SMILES string of the molecule is COc1ccccc1CN1CC(c2nc(-c3ccc(OCc4ccccc4)cc3)no2)CC1=O. The second-order valence-corrected chi connectivity index (χ2v) is 8.24. The number of para-hydroxylation sites is 1. The molecule has 1 aliphatic heterocycles. The van der Waals surface area contributed by atoms with Gasteiger partial charge in [0.25, 0.3) is 0 Å². The lowest BCUT2D eigenvalue weighted by Gasteiger charge is -2.17. The maximum Gasteiger partial charge on any atom is 0.232 e. The Morgan fingerprint density at radius 1 is 1.00 bits per heavy atom. The van der Waals surface area contributed by atoms with Gasteiger partial charge in [-0.3, -0.25) is 4.79 Å². The molecule has 0 radical (unpaired) electrons. The molecule has 7 heteroatoms. The molecule has 1 aromatic heterocycles. The molecule has 2 heterocycles. The molecule has 4 aromatic rings. The van der Waals surface area contributed by atoms with E-state index in [4.69, 9.17) is 14.0 Å². The number of carbonyl (C=O) groups excluding carboxylic acids is 1. The minimum absolute atomic E-state index is 0.0653. The van der Waals surface area contributed by atoms with E-state index >= 15 is 0 Å². The molecule has 1 saturated heterocycles. The molecule has 1 aliphatic rings. The van der Waals surface area contributed by atoms with Crippen molar-refractivity contribution < 1.29 is 18.8 Å². The number of methoxy groups -OCH3 is 1. The van der Waals surface area contributed by atoms with Crippen LogP contribution in [-0.2, 0) is 17.9 Å². The molecule has 0 spiro atoms. The van der Waals surface area contributed by atoms with E-state index in [1.807, 2.05) is 83.8 Å². The van der Waals surface area contributed by atoms with Gasteiger partial charge in [0.1, 0.15) is 18.1 Å². The van der Waals surface area contributed by atoms with Gasteiger partial charge in [-0.25, -0.2) is 0 Å². The number of likely N-dealkylation sites (tertiary alicyclic amines) is 1. The number of nitrogens with zero attached hydrogens (tertiary/aromatic N) is 3. The number of hydrogen-bond acceptors (Lipinski definition) is 6. The van der Waals surface area contributed by atoms with E-state index in [1.165, 1.54) is 0 Å². The molecule has 7 nitrogen and oxygen atoms in total. The van der Waals surface area contributed by atoms with E-state index in [9.17, 15) is 4.79 Å². The van der Waals surface area contributed by atoms with Gasteiger partial charge in [0.2, 0.25) is 17.6 Å². The van der Waals surface area contributed by atoms with Gasteiger partial charge in [-0.1, -0.05) is 53.7 Å². The van der Waals surface area contributed by atoms with E-state index in [2.05, 4.69) is 10.1 Å². The highest BCUT2D eigenvalue weighted by Gasteiger charge is 2.34. The van der Waals surface area contributed by atoms with Gasteiger partial charge in [-0.15, -0.1) is 0 Å². The summed E-state index contributed by atoms with van der Waals surface area (Å²) in [5.74, 6) is 2.46. The van der Waals surface area contributed by atoms with Crippen molar-refractivity contribution in [1.29, 1.82) is 0 Å². The zero-order valence-corrected chi connectivity index (χ0v) is 18.9. The standard InChI is InChI=1S/C27H25N3O4/c1-32-24-10-6-5-9-21(24)16-30-17-22(15-25(30)31)27-28-26(29-34-27)20-11-13-23(14-12-20)33-18-19-7-3-2-4-8-19/h2-14,22H,15-18H2,1H3. The third kappa shape index (κ3) is 4.78. The maximum absolute atomic E-state index is 12.6. The van der Waals surface area contributed by atoms with E-state index in [1.54, 1.807) is 7.11 Å². The lowest BCUT2D eigenvalue weighted by atomic mass is 10.1. The summed E-state index contributed by atoms with van der Waals surface area (Å²) in [5.41, 5.74) is 2.91. The average molecular weight is 456 g/mol. The lowest BCUT2D eigenvalue weighted by Crippen LogP contribution is -2.24. The van der Waals surface area contributed by atoms with E-state index in [-0.39, 0.29) is 11.8 Å². The first-order valence-corrected chi connectivity index (χ1v) is 11.2. The zero-order chi connectivity index (χ0) is 23.3. The molecule has 34 heavy (non-hydrogen) atoms. The number of ether oxygens (including phenoxy) is 2.